The highest BCUT2D eigenvalue weighted by molar-refractivity contribution is 5.41. The number of rotatable bonds is 8. The van der Waals surface area contributed by atoms with Crippen molar-refractivity contribution in [3.63, 3.8) is 0 Å². The van der Waals surface area contributed by atoms with E-state index in [2.05, 4.69) is 11.4 Å². The molecule has 1 aromatic rings. The number of hydrogen-bond donors (Lipinski definition) is 1. The monoisotopic (exact) mass is 248 g/mol. The Morgan fingerprint density at radius 1 is 1.39 bits per heavy atom. The summed E-state index contributed by atoms with van der Waals surface area (Å²) in [7, 11) is 1.64. The van der Waals surface area contributed by atoms with E-state index < -0.39 is 0 Å². The van der Waals surface area contributed by atoms with E-state index in [1.807, 2.05) is 19.1 Å². The molecule has 0 aliphatic rings. The summed E-state index contributed by atoms with van der Waals surface area (Å²) in [5, 5.41) is 12.2. The highest BCUT2D eigenvalue weighted by Gasteiger charge is 2.03. The molecule has 0 atom stereocenters. The Kier molecular flexibility index (Phi) is 6.85. The van der Waals surface area contributed by atoms with Crippen molar-refractivity contribution >= 4 is 0 Å². The molecule has 0 heterocycles. The van der Waals surface area contributed by atoms with Crippen LogP contribution in [0, 0.1) is 11.3 Å². The Labute approximate surface area is 109 Å². The second-order valence-corrected chi connectivity index (χ2v) is 3.87. The number of nitriles is 1. The smallest absolute Gasteiger partial charge is 0.123 e. The summed E-state index contributed by atoms with van der Waals surface area (Å²) in [6.07, 6.45) is 0.980. The zero-order chi connectivity index (χ0) is 13.2. The quantitative estimate of drug-likeness (QED) is 0.716. The van der Waals surface area contributed by atoms with Crippen molar-refractivity contribution in [1.29, 1.82) is 5.26 Å². The van der Waals surface area contributed by atoms with E-state index in [0.717, 1.165) is 37.5 Å². The molecule has 0 aliphatic carbocycles. The number of nitrogens with zero attached hydrogens (tertiary/aromatic N) is 1. The van der Waals surface area contributed by atoms with E-state index in [-0.39, 0.29) is 0 Å². The summed E-state index contributed by atoms with van der Waals surface area (Å²) in [5.74, 6) is 0.811. The molecule has 0 radical (unpaired) electrons. The zero-order valence-corrected chi connectivity index (χ0v) is 11.0. The number of nitrogens with one attached hydrogen (secondary N) is 1. The number of benzene rings is 1. The standard InChI is InChI=1S/C14H20N2O2/c1-3-18-8-4-7-16-11-13-9-12(10-15)5-6-14(13)17-2/h5-6,9,16H,3-4,7-8,11H2,1-2H3. The Morgan fingerprint density at radius 3 is 2.89 bits per heavy atom. The van der Waals surface area contributed by atoms with Gasteiger partial charge in [0.25, 0.3) is 0 Å². The van der Waals surface area contributed by atoms with Gasteiger partial charge in [-0.05, 0) is 38.1 Å². The molecule has 0 amide bonds. The summed E-state index contributed by atoms with van der Waals surface area (Å²) < 4.78 is 10.5. The largest absolute Gasteiger partial charge is 0.496 e. The van der Waals surface area contributed by atoms with E-state index in [1.165, 1.54) is 0 Å². The summed E-state index contributed by atoms with van der Waals surface area (Å²) >= 11 is 0. The van der Waals surface area contributed by atoms with Crippen LogP contribution in [0.25, 0.3) is 0 Å². The van der Waals surface area contributed by atoms with Crippen LogP contribution in [0.5, 0.6) is 5.75 Å². The van der Waals surface area contributed by atoms with Crippen LogP contribution in [0.1, 0.15) is 24.5 Å². The van der Waals surface area contributed by atoms with Crippen LogP contribution >= 0.6 is 0 Å². The molecule has 0 spiro atoms. The number of ether oxygens (including phenoxy) is 2. The summed E-state index contributed by atoms with van der Waals surface area (Å²) in [5.41, 5.74) is 1.66. The molecule has 1 aromatic carbocycles. The Morgan fingerprint density at radius 2 is 2.22 bits per heavy atom. The third-order valence-corrected chi connectivity index (χ3v) is 2.57. The van der Waals surface area contributed by atoms with Gasteiger partial charge in [0.05, 0.1) is 18.7 Å². The van der Waals surface area contributed by atoms with Crippen LogP contribution in [-0.4, -0.2) is 26.9 Å². The van der Waals surface area contributed by atoms with Gasteiger partial charge in [0.2, 0.25) is 0 Å². The fraction of sp³-hybridized carbons (Fsp3) is 0.500. The highest BCUT2D eigenvalue weighted by Crippen LogP contribution is 2.19. The third-order valence-electron chi connectivity index (χ3n) is 2.57. The molecule has 0 bridgehead atoms. The number of methoxy groups -OCH3 is 1. The number of hydrogen-bond acceptors (Lipinski definition) is 4. The van der Waals surface area contributed by atoms with Crippen molar-refractivity contribution in [2.75, 3.05) is 26.9 Å². The van der Waals surface area contributed by atoms with Gasteiger partial charge in [0.15, 0.2) is 0 Å². The van der Waals surface area contributed by atoms with Gasteiger partial charge in [-0.1, -0.05) is 0 Å². The normalized spacial score (nSPS) is 10.1. The molecule has 0 saturated heterocycles. The van der Waals surface area contributed by atoms with Gasteiger partial charge in [-0.2, -0.15) is 5.26 Å². The van der Waals surface area contributed by atoms with Gasteiger partial charge in [0, 0.05) is 25.3 Å². The summed E-state index contributed by atoms with van der Waals surface area (Å²) in [6.45, 7) is 5.12. The average molecular weight is 248 g/mol. The van der Waals surface area contributed by atoms with Crippen LogP contribution < -0.4 is 10.1 Å². The molecule has 1 N–H and O–H groups in total. The fourth-order valence-corrected chi connectivity index (χ4v) is 1.65. The molecule has 0 unspecified atom stereocenters. The van der Waals surface area contributed by atoms with Gasteiger partial charge in [-0.15, -0.1) is 0 Å². The maximum absolute atomic E-state index is 8.87. The molecule has 4 heteroatoms. The van der Waals surface area contributed by atoms with Gasteiger partial charge >= 0.3 is 0 Å². The lowest BCUT2D eigenvalue weighted by atomic mass is 10.1. The van der Waals surface area contributed by atoms with Gasteiger partial charge in [0.1, 0.15) is 5.75 Å². The first-order chi connectivity index (χ1) is 8.81. The summed E-state index contributed by atoms with van der Waals surface area (Å²) in [4.78, 5) is 0. The van der Waals surface area contributed by atoms with Crippen LogP contribution in [0.15, 0.2) is 18.2 Å². The Hall–Kier alpha value is -1.57. The molecule has 0 saturated carbocycles. The SMILES string of the molecule is CCOCCCNCc1cc(C#N)ccc1OC. The predicted molar refractivity (Wildman–Crippen MR) is 70.5 cm³/mol. The van der Waals surface area contributed by atoms with Crippen LogP contribution in [-0.2, 0) is 11.3 Å². The van der Waals surface area contributed by atoms with Crippen LogP contribution in [0.3, 0.4) is 0 Å². The first-order valence-corrected chi connectivity index (χ1v) is 6.17. The molecule has 4 nitrogen and oxygen atoms in total. The maximum atomic E-state index is 8.87. The van der Waals surface area contributed by atoms with E-state index in [0.29, 0.717) is 12.1 Å². The molecule has 0 fully saturated rings. The van der Waals surface area contributed by atoms with Crippen molar-refractivity contribution < 1.29 is 9.47 Å². The minimum Gasteiger partial charge on any atom is -0.496 e. The zero-order valence-electron chi connectivity index (χ0n) is 11.0. The van der Waals surface area contributed by atoms with Crippen molar-refractivity contribution in [2.45, 2.75) is 19.9 Å². The minimum atomic E-state index is 0.655. The van der Waals surface area contributed by atoms with Crippen molar-refractivity contribution in [1.82, 2.24) is 5.32 Å². The second-order valence-electron chi connectivity index (χ2n) is 3.87. The Balaban J connectivity index is 2.43. The Bertz CT molecular complexity index is 399. The van der Waals surface area contributed by atoms with E-state index in [9.17, 15) is 0 Å². The van der Waals surface area contributed by atoms with Crippen LogP contribution in [0.2, 0.25) is 0 Å². The average Bonchev–Trinajstić information content (AvgIpc) is 2.42. The molecule has 98 valence electrons. The highest BCUT2D eigenvalue weighted by atomic mass is 16.5. The lowest BCUT2D eigenvalue weighted by Gasteiger charge is -2.10. The van der Waals surface area contributed by atoms with Crippen molar-refractivity contribution in [3.8, 4) is 11.8 Å². The van der Waals surface area contributed by atoms with Crippen molar-refractivity contribution in [2.24, 2.45) is 0 Å². The lowest BCUT2D eigenvalue weighted by Crippen LogP contribution is -2.17. The lowest BCUT2D eigenvalue weighted by molar-refractivity contribution is 0.144. The van der Waals surface area contributed by atoms with Gasteiger partial charge in [-0.25, -0.2) is 0 Å². The first-order valence-electron chi connectivity index (χ1n) is 6.17. The maximum Gasteiger partial charge on any atom is 0.123 e. The molecule has 18 heavy (non-hydrogen) atoms. The molecule has 0 aromatic heterocycles. The molecule has 0 aliphatic heterocycles. The third kappa shape index (κ3) is 4.74. The van der Waals surface area contributed by atoms with E-state index in [4.69, 9.17) is 14.7 Å². The summed E-state index contributed by atoms with van der Waals surface area (Å²) in [6, 6.07) is 7.58. The second kappa shape index (κ2) is 8.51. The van der Waals surface area contributed by atoms with Gasteiger partial charge < -0.3 is 14.8 Å². The predicted octanol–water partition coefficient (Wildman–Crippen LogP) is 2.08. The minimum absolute atomic E-state index is 0.655. The first kappa shape index (κ1) is 14.5. The van der Waals surface area contributed by atoms with Crippen molar-refractivity contribution in [3.05, 3.63) is 29.3 Å². The fourth-order valence-electron chi connectivity index (χ4n) is 1.65. The van der Waals surface area contributed by atoms with E-state index in [1.54, 1.807) is 13.2 Å². The molecular weight excluding hydrogens is 228 g/mol. The topological polar surface area (TPSA) is 54.3 Å². The molecule has 1 rings (SSSR count). The molecular formula is C14H20N2O2. The van der Waals surface area contributed by atoms with Gasteiger partial charge in [-0.3, -0.25) is 0 Å². The van der Waals surface area contributed by atoms with Crippen LogP contribution in [0.4, 0.5) is 0 Å². The van der Waals surface area contributed by atoms with E-state index >= 15 is 0 Å².